The van der Waals surface area contributed by atoms with Crippen molar-refractivity contribution in [3.05, 3.63) is 170 Å². The van der Waals surface area contributed by atoms with Crippen LogP contribution in [0, 0.1) is 0 Å². The molecular weight excluding hydrogens is 653 g/mol. The maximum Gasteiger partial charge on any atom is 0.160 e. The second-order valence-electron chi connectivity index (χ2n) is 13.3. The highest BCUT2D eigenvalue weighted by Gasteiger charge is 2.20. The molecular formula is C48H28N2OS. The zero-order chi connectivity index (χ0) is 34.2. The monoisotopic (exact) mass is 680 g/mol. The number of hydrogen-bond acceptors (Lipinski definition) is 4. The molecule has 0 aliphatic carbocycles. The molecule has 3 aromatic heterocycles. The van der Waals surface area contributed by atoms with Crippen LogP contribution in [0.15, 0.2) is 174 Å². The summed E-state index contributed by atoms with van der Waals surface area (Å²) in [6.07, 6.45) is 0. The highest BCUT2D eigenvalue weighted by atomic mass is 32.1. The first-order valence-corrected chi connectivity index (χ1v) is 18.3. The first-order valence-electron chi connectivity index (χ1n) is 17.5. The first-order chi connectivity index (χ1) is 25.7. The quantitative estimate of drug-likeness (QED) is 0.186. The van der Waals surface area contributed by atoms with Gasteiger partial charge in [0.1, 0.15) is 11.2 Å². The molecule has 0 aliphatic rings. The average Bonchev–Trinajstić information content (AvgIpc) is 3.79. The number of aromatic nitrogens is 2. The zero-order valence-electron chi connectivity index (χ0n) is 27.9. The molecule has 3 heterocycles. The Labute approximate surface area is 303 Å². The van der Waals surface area contributed by atoms with Gasteiger partial charge in [-0.15, -0.1) is 11.3 Å². The van der Waals surface area contributed by atoms with Crippen molar-refractivity contribution in [2.75, 3.05) is 0 Å². The molecule has 242 valence electrons. The Morgan fingerprint density at radius 2 is 1.13 bits per heavy atom. The molecule has 4 heteroatoms. The van der Waals surface area contributed by atoms with Crippen molar-refractivity contribution in [2.45, 2.75) is 0 Å². The largest absolute Gasteiger partial charge is 0.455 e. The number of rotatable bonds is 4. The van der Waals surface area contributed by atoms with E-state index in [2.05, 4.69) is 164 Å². The number of furan rings is 1. The van der Waals surface area contributed by atoms with Gasteiger partial charge in [0, 0.05) is 37.4 Å². The number of thiophene rings is 1. The van der Waals surface area contributed by atoms with Crippen molar-refractivity contribution in [3.8, 4) is 44.9 Å². The van der Waals surface area contributed by atoms with Crippen LogP contribution in [0.3, 0.4) is 0 Å². The molecule has 0 aliphatic heterocycles. The van der Waals surface area contributed by atoms with Crippen LogP contribution in [0.25, 0.3) is 109 Å². The highest BCUT2D eigenvalue weighted by Crippen LogP contribution is 2.44. The van der Waals surface area contributed by atoms with Crippen LogP contribution in [0.5, 0.6) is 0 Å². The van der Waals surface area contributed by atoms with E-state index in [0.29, 0.717) is 5.82 Å². The minimum absolute atomic E-state index is 0.702. The second kappa shape index (κ2) is 11.5. The lowest BCUT2D eigenvalue weighted by Gasteiger charge is -2.10. The van der Waals surface area contributed by atoms with Crippen molar-refractivity contribution < 1.29 is 4.42 Å². The van der Waals surface area contributed by atoms with Gasteiger partial charge < -0.3 is 4.42 Å². The Morgan fingerprint density at radius 1 is 0.442 bits per heavy atom. The van der Waals surface area contributed by atoms with E-state index in [9.17, 15) is 0 Å². The lowest BCUT2D eigenvalue weighted by Crippen LogP contribution is -1.93. The van der Waals surface area contributed by atoms with E-state index in [1.165, 1.54) is 26.6 Å². The van der Waals surface area contributed by atoms with Crippen molar-refractivity contribution in [2.24, 2.45) is 0 Å². The summed E-state index contributed by atoms with van der Waals surface area (Å²) in [6.45, 7) is 0. The van der Waals surface area contributed by atoms with E-state index in [0.717, 1.165) is 76.3 Å². The third-order valence-electron chi connectivity index (χ3n) is 10.3. The predicted octanol–water partition coefficient (Wildman–Crippen LogP) is 13.7. The summed E-state index contributed by atoms with van der Waals surface area (Å²) < 4.78 is 9.03. The van der Waals surface area contributed by atoms with Gasteiger partial charge in [-0.2, -0.15) is 0 Å². The van der Waals surface area contributed by atoms with Crippen LogP contribution >= 0.6 is 11.3 Å². The smallest absolute Gasteiger partial charge is 0.160 e. The summed E-state index contributed by atoms with van der Waals surface area (Å²) in [7, 11) is 0. The Kier molecular flexibility index (Phi) is 6.42. The fourth-order valence-corrected chi connectivity index (χ4v) is 8.86. The standard InChI is InChI=1S/C48H28N2OS/c1-2-11-32(12-3-1)44-47-45(38-16-8-9-17-42(38)52-47)50-48(49-44)36-24-25-41-40(28-36)43-39(27-35-14-6-7-15-37(35)46(43)51-41)31-21-18-30(19-22-31)34-23-20-29-10-4-5-13-33(29)26-34/h1-28H. The van der Waals surface area contributed by atoms with Gasteiger partial charge in [-0.1, -0.05) is 133 Å². The molecule has 0 amide bonds. The Bertz CT molecular complexity index is 3180. The second-order valence-corrected chi connectivity index (χ2v) is 14.4. The minimum atomic E-state index is 0.702. The van der Waals surface area contributed by atoms with Gasteiger partial charge in [0.2, 0.25) is 0 Å². The van der Waals surface area contributed by atoms with Crippen LogP contribution < -0.4 is 0 Å². The molecule has 11 rings (SSSR count). The SMILES string of the molecule is c1ccc(-c2nc(-c3ccc4oc5c6ccccc6cc(-c6ccc(-c7ccc8ccccc8c7)cc6)c5c4c3)nc3c2sc2ccccc23)cc1. The first kappa shape index (κ1) is 29.1. The van der Waals surface area contributed by atoms with E-state index in [1.807, 2.05) is 6.07 Å². The predicted molar refractivity (Wildman–Crippen MR) is 219 cm³/mol. The Hall–Kier alpha value is -6.62. The molecule has 0 radical (unpaired) electrons. The molecule has 3 nitrogen and oxygen atoms in total. The van der Waals surface area contributed by atoms with Crippen LogP contribution in [-0.4, -0.2) is 9.97 Å². The molecule has 0 spiro atoms. The summed E-state index contributed by atoms with van der Waals surface area (Å²) in [5.74, 6) is 0.702. The van der Waals surface area contributed by atoms with Crippen LogP contribution in [-0.2, 0) is 0 Å². The van der Waals surface area contributed by atoms with Crippen LogP contribution in [0.4, 0.5) is 0 Å². The van der Waals surface area contributed by atoms with Gasteiger partial charge >= 0.3 is 0 Å². The van der Waals surface area contributed by atoms with Gasteiger partial charge in [0.25, 0.3) is 0 Å². The van der Waals surface area contributed by atoms with Crippen molar-refractivity contribution >= 4 is 75.1 Å². The van der Waals surface area contributed by atoms with E-state index in [1.54, 1.807) is 11.3 Å². The molecule has 0 unspecified atom stereocenters. The molecule has 0 saturated heterocycles. The summed E-state index contributed by atoms with van der Waals surface area (Å²) in [5.41, 5.74) is 10.4. The minimum Gasteiger partial charge on any atom is -0.455 e. The van der Waals surface area contributed by atoms with Gasteiger partial charge in [-0.25, -0.2) is 9.97 Å². The molecule has 52 heavy (non-hydrogen) atoms. The maximum absolute atomic E-state index is 6.72. The molecule has 0 bridgehead atoms. The average molecular weight is 681 g/mol. The molecule has 11 aromatic rings. The van der Waals surface area contributed by atoms with Gasteiger partial charge in [-0.05, 0) is 74.8 Å². The molecule has 0 saturated carbocycles. The fraction of sp³-hybridized carbons (Fsp3) is 0. The molecule has 0 atom stereocenters. The van der Waals surface area contributed by atoms with E-state index < -0.39 is 0 Å². The Morgan fingerprint density at radius 3 is 2.00 bits per heavy atom. The third-order valence-corrected chi connectivity index (χ3v) is 11.4. The number of nitrogens with zero attached hydrogens (tertiary/aromatic N) is 2. The summed E-state index contributed by atoms with van der Waals surface area (Å²) in [5, 5.41) is 8.03. The lowest BCUT2D eigenvalue weighted by molar-refractivity contribution is 0.673. The van der Waals surface area contributed by atoms with Gasteiger partial charge in [0.15, 0.2) is 5.82 Å². The highest BCUT2D eigenvalue weighted by molar-refractivity contribution is 7.26. The summed E-state index contributed by atoms with van der Waals surface area (Å²) in [4.78, 5) is 10.5. The summed E-state index contributed by atoms with van der Waals surface area (Å²) in [6, 6.07) is 60.2. The molecule has 0 N–H and O–H groups in total. The van der Waals surface area contributed by atoms with Crippen molar-refractivity contribution in [3.63, 3.8) is 0 Å². The van der Waals surface area contributed by atoms with E-state index in [-0.39, 0.29) is 0 Å². The number of hydrogen-bond donors (Lipinski definition) is 0. The number of benzene rings is 8. The van der Waals surface area contributed by atoms with Crippen LogP contribution in [0.2, 0.25) is 0 Å². The van der Waals surface area contributed by atoms with E-state index >= 15 is 0 Å². The summed E-state index contributed by atoms with van der Waals surface area (Å²) >= 11 is 1.75. The van der Waals surface area contributed by atoms with Crippen LogP contribution in [0.1, 0.15) is 0 Å². The molecule has 0 fully saturated rings. The van der Waals surface area contributed by atoms with Gasteiger partial charge in [-0.3, -0.25) is 0 Å². The Balaban J connectivity index is 1.12. The van der Waals surface area contributed by atoms with Gasteiger partial charge in [0.05, 0.1) is 15.9 Å². The zero-order valence-corrected chi connectivity index (χ0v) is 28.7. The van der Waals surface area contributed by atoms with E-state index in [4.69, 9.17) is 14.4 Å². The third kappa shape index (κ3) is 4.58. The number of fused-ring (bicyclic) bond motifs is 9. The normalized spacial score (nSPS) is 11.8. The molecule has 8 aromatic carbocycles. The van der Waals surface area contributed by atoms with Crippen molar-refractivity contribution in [1.82, 2.24) is 9.97 Å². The maximum atomic E-state index is 6.72. The lowest BCUT2D eigenvalue weighted by atomic mass is 9.93. The van der Waals surface area contributed by atoms with Crippen molar-refractivity contribution in [1.29, 1.82) is 0 Å². The topological polar surface area (TPSA) is 38.9 Å². The fourth-order valence-electron chi connectivity index (χ4n) is 7.70.